The van der Waals surface area contributed by atoms with Crippen molar-refractivity contribution in [3.05, 3.63) is 0 Å². The summed E-state index contributed by atoms with van der Waals surface area (Å²) in [6.07, 6.45) is 5.96. The average molecular weight is 219 g/mol. The van der Waals surface area contributed by atoms with Gasteiger partial charge in [0, 0.05) is 12.6 Å². The summed E-state index contributed by atoms with van der Waals surface area (Å²) < 4.78 is 0. The van der Waals surface area contributed by atoms with Crippen LogP contribution in [0, 0.1) is 5.92 Å². The van der Waals surface area contributed by atoms with Gasteiger partial charge >= 0.3 is 0 Å². The van der Waals surface area contributed by atoms with E-state index in [0.29, 0.717) is 6.04 Å². The molecular weight excluding hydrogens is 200 g/mol. The van der Waals surface area contributed by atoms with Crippen LogP contribution >= 0.6 is 12.4 Å². The lowest BCUT2D eigenvalue weighted by molar-refractivity contribution is -0.125. The smallest absolute Gasteiger partial charge is 0.224 e. The summed E-state index contributed by atoms with van der Waals surface area (Å²) in [6, 6.07) is 0.480. The van der Waals surface area contributed by atoms with Gasteiger partial charge in [-0.3, -0.25) is 4.79 Å². The van der Waals surface area contributed by atoms with Crippen molar-refractivity contribution in [1.82, 2.24) is 10.6 Å². The van der Waals surface area contributed by atoms with Crippen LogP contribution < -0.4 is 10.6 Å². The monoisotopic (exact) mass is 218 g/mol. The lowest BCUT2D eigenvalue weighted by Crippen LogP contribution is -2.38. The van der Waals surface area contributed by atoms with E-state index in [1.54, 1.807) is 0 Å². The van der Waals surface area contributed by atoms with Crippen LogP contribution in [-0.4, -0.2) is 25.0 Å². The molecule has 2 N–H and O–H groups in total. The Morgan fingerprint density at radius 3 is 2.50 bits per heavy atom. The third-order valence-electron chi connectivity index (χ3n) is 3.13. The Morgan fingerprint density at radius 1 is 1.21 bits per heavy atom. The number of nitrogens with one attached hydrogen (secondary N) is 2. The van der Waals surface area contributed by atoms with Crippen molar-refractivity contribution in [2.45, 2.75) is 38.1 Å². The van der Waals surface area contributed by atoms with E-state index in [9.17, 15) is 4.79 Å². The van der Waals surface area contributed by atoms with Gasteiger partial charge in [-0.15, -0.1) is 12.4 Å². The molecular formula is C10H19ClN2O. The second kappa shape index (κ2) is 5.56. The fraction of sp³-hybridized carbons (Fsp3) is 0.900. The van der Waals surface area contributed by atoms with Crippen LogP contribution in [0.2, 0.25) is 0 Å². The van der Waals surface area contributed by atoms with Crippen LogP contribution in [0.1, 0.15) is 32.1 Å². The van der Waals surface area contributed by atoms with Crippen LogP contribution in [0.25, 0.3) is 0 Å². The first-order valence-electron chi connectivity index (χ1n) is 5.37. The Kier molecular flexibility index (Phi) is 4.69. The van der Waals surface area contributed by atoms with Gasteiger partial charge in [-0.25, -0.2) is 0 Å². The van der Waals surface area contributed by atoms with Crippen molar-refractivity contribution in [3.8, 4) is 0 Å². The lowest BCUT2D eigenvalue weighted by atomic mass is 10.1. The standard InChI is InChI=1S/C10H18N2O.ClH/c13-10(8-5-6-11-7-8)12-9-3-1-2-4-9;/h8-9,11H,1-7H2,(H,12,13);1H. The molecule has 1 aliphatic heterocycles. The summed E-state index contributed by atoms with van der Waals surface area (Å²) in [6.45, 7) is 1.88. The summed E-state index contributed by atoms with van der Waals surface area (Å²) in [4.78, 5) is 11.7. The fourth-order valence-corrected chi connectivity index (χ4v) is 2.27. The lowest BCUT2D eigenvalue weighted by Gasteiger charge is -2.14. The minimum atomic E-state index is 0. The molecule has 0 aromatic carbocycles. The summed E-state index contributed by atoms with van der Waals surface area (Å²) >= 11 is 0. The highest BCUT2D eigenvalue weighted by atomic mass is 35.5. The van der Waals surface area contributed by atoms with E-state index in [0.717, 1.165) is 19.5 Å². The second-order valence-electron chi connectivity index (χ2n) is 4.18. The maximum atomic E-state index is 11.7. The molecule has 2 aliphatic rings. The number of amides is 1. The van der Waals surface area contributed by atoms with Gasteiger partial charge in [-0.05, 0) is 25.8 Å². The van der Waals surface area contributed by atoms with Crippen molar-refractivity contribution < 1.29 is 4.79 Å². The molecule has 2 rings (SSSR count). The predicted molar refractivity (Wildman–Crippen MR) is 58.6 cm³/mol. The maximum absolute atomic E-state index is 11.7. The van der Waals surface area contributed by atoms with Gasteiger partial charge in [0.05, 0.1) is 5.92 Å². The summed E-state index contributed by atoms with van der Waals surface area (Å²) in [7, 11) is 0. The first kappa shape index (κ1) is 11.8. The van der Waals surface area contributed by atoms with Gasteiger partial charge in [0.15, 0.2) is 0 Å². The van der Waals surface area contributed by atoms with Crippen molar-refractivity contribution in [2.24, 2.45) is 5.92 Å². The Bertz CT molecular complexity index is 187. The van der Waals surface area contributed by atoms with Crippen LogP contribution in [0.3, 0.4) is 0 Å². The largest absolute Gasteiger partial charge is 0.353 e. The van der Waals surface area contributed by atoms with Crippen LogP contribution in [0.4, 0.5) is 0 Å². The highest BCUT2D eigenvalue weighted by Crippen LogP contribution is 2.18. The highest BCUT2D eigenvalue weighted by molar-refractivity contribution is 5.85. The van der Waals surface area contributed by atoms with Gasteiger partial charge in [0.2, 0.25) is 5.91 Å². The van der Waals surface area contributed by atoms with Gasteiger partial charge in [0.1, 0.15) is 0 Å². The molecule has 82 valence electrons. The molecule has 0 bridgehead atoms. The number of halogens is 1. The van der Waals surface area contributed by atoms with Gasteiger partial charge < -0.3 is 10.6 Å². The minimum absolute atomic E-state index is 0. The normalized spacial score (nSPS) is 27.3. The zero-order valence-electron chi connectivity index (χ0n) is 8.42. The Hall–Kier alpha value is -0.280. The SMILES string of the molecule is Cl.O=C(NC1CCCC1)C1CCNC1. The van der Waals surface area contributed by atoms with E-state index in [4.69, 9.17) is 0 Å². The number of hydrogen-bond donors (Lipinski definition) is 2. The first-order chi connectivity index (χ1) is 6.36. The Morgan fingerprint density at radius 2 is 1.93 bits per heavy atom. The quantitative estimate of drug-likeness (QED) is 0.728. The third-order valence-corrected chi connectivity index (χ3v) is 3.13. The van der Waals surface area contributed by atoms with E-state index in [-0.39, 0.29) is 24.2 Å². The fourth-order valence-electron chi connectivity index (χ4n) is 2.27. The predicted octanol–water partition coefficient (Wildman–Crippen LogP) is 1.08. The van der Waals surface area contributed by atoms with E-state index in [2.05, 4.69) is 10.6 Å². The summed E-state index contributed by atoms with van der Waals surface area (Å²) in [5.74, 6) is 0.512. The maximum Gasteiger partial charge on any atom is 0.224 e. The molecule has 4 heteroatoms. The third kappa shape index (κ3) is 2.85. The van der Waals surface area contributed by atoms with Crippen molar-refractivity contribution in [2.75, 3.05) is 13.1 Å². The molecule has 0 spiro atoms. The van der Waals surface area contributed by atoms with Crippen molar-refractivity contribution in [3.63, 3.8) is 0 Å². The zero-order valence-corrected chi connectivity index (χ0v) is 9.24. The number of carbonyl (C=O) groups excluding carboxylic acids is 1. The topological polar surface area (TPSA) is 41.1 Å². The van der Waals surface area contributed by atoms with Crippen molar-refractivity contribution in [1.29, 1.82) is 0 Å². The highest BCUT2D eigenvalue weighted by Gasteiger charge is 2.25. The van der Waals surface area contributed by atoms with E-state index in [1.807, 2.05) is 0 Å². The minimum Gasteiger partial charge on any atom is -0.353 e. The van der Waals surface area contributed by atoms with E-state index < -0.39 is 0 Å². The Balaban J connectivity index is 0.000000980. The van der Waals surface area contributed by atoms with Crippen LogP contribution in [-0.2, 0) is 4.79 Å². The van der Waals surface area contributed by atoms with Gasteiger partial charge in [0.25, 0.3) is 0 Å². The number of hydrogen-bond acceptors (Lipinski definition) is 2. The molecule has 14 heavy (non-hydrogen) atoms. The number of rotatable bonds is 2. The molecule has 1 saturated heterocycles. The average Bonchev–Trinajstić information content (AvgIpc) is 2.74. The molecule has 1 atom stereocenters. The molecule has 0 aromatic heterocycles. The number of carbonyl (C=O) groups is 1. The summed E-state index contributed by atoms with van der Waals surface area (Å²) in [5.41, 5.74) is 0. The first-order valence-corrected chi connectivity index (χ1v) is 5.37. The molecule has 1 heterocycles. The van der Waals surface area contributed by atoms with E-state index in [1.165, 1.54) is 25.7 Å². The van der Waals surface area contributed by atoms with Crippen molar-refractivity contribution >= 4 is 18.3 Å². The summed E-state index contributed by atoms with van der Waals surface area (Å²) in [5, 5.41) is 6.36. The van der Waals surface area contributed by atoms with Crippen LogP contribution in [0.15, 0.2) is 0 Å². The molecule has 1 saturated carbocycles. The molecule has 2 fully saturated rings. The van der Waals surface area contributed by atoms with Gasteiger partial charge in [-0.1, -0.05) is 12.8 Å². The molecule has 0 aromatic rings. The molecule has 1 aliphatic carbocycles. The zero-order chi connectivity index (χ0) is 9.10. The van der Waals surface area contributed by atoms with Gasteiger partial charge in [-0.2, -0.15) is 0 Å². The van der Waals surface area contributed by atoms with Crippen LogP contribution in [0.5, 0.6) is 0 Å². The molecule has 0 radical (unpaired) electrons. The molecule has 1 amide bonds. The molecule has 1 unspecified atom stereocenters. The molecule has 3 nitrogen and oxygen atoms in total. The van der Waals surface area contributed by atoms with E-state index >= 15 is 0 Å². The second-order valence-corrected chi connectivity index (χ2v) is 4.18. The Labute approximate surface area is 91.4 Å².